The predicted octanol–water partition coefficient (Wildman–Crippen LogP) is 5.96. The molecule has 0 fully saturated rings. The normalized spacial score (nSPS) is 11.2. The van der Waals surface area contributed by atoms with Crippen LogP contribution in [0.15, 0.2) is 54.6 Å². The van der Waals surface area contributed by atoms with Crippen molar-refractivity contribution in [3.05, 3.63) is 76.4 Å². The Balaban J connectivity index is 1.38. The Morgan fingerprint density at radius 1 is 1.06 bits per heavy atom. The van der Waals surface area contributed by atoms with E-state index < -0.39 is 0 Å². The van der Waals surface area contributed by atoms with Crippen LogP contribution >= 0.6 is 11.6 Å². The van der Waals surface area contributed by atoms with Gasteiger partial charge in [-0.3, -0.25) is 9.89 Å². The lowest BCUT2D eigenvalue weighted by atomic mass is 10.1. The SMILES string of the molecule is CCc1ccc(C)cc1Nc1nc2ccc(C(=O)Nc3ccc4c(Cl)[nH]nc4c3)cc2[nH]1. The topological polar surface area (TPSA) is 98.5 Å². The number of benzene rings is 3. The minimum Gasteiger partial charge on any atom is -0.325 e. The lowest BCUT2D eigenvalue weighted by molar-refractivity contribution is 0.102. The van der Waals surface area contributed by atoms with Crippen LogP contribution in [-0.4, -0.2) is 26.1 Å². The molecular formula is C24H21ClN6O. The molecule has 160 valence electrons. The summed E-state index contributed by atoms with van der Waals surface area (Å²) in [5, 5.41) is 14.4. The number of halogens is 1. The summed E-state index contributed by atoms with van der Waals surface area (Å²) >= 11 is 6.04. The van der Waals surface area contributed by atoms with Gasteiger partial charge in [-0.2, -0.15) is 5.10 Å². The fraction of sp³-hybridized carbons (Fsp3) is 0.125. The molecule has 0 bridgehead atoms. The van der Waals surface area contributed by atoms with E-state index in [0.29, 0.717) is 27.9 Å². The number of H-pyrrole nitrogens is 2. The molecule has 8 heteroatoms. The van der Waals surface area contributed by atoms with Crippen molar-refractivity contribution in [2.24, 2.45) is 0 Å². The molecule has 0 aliphatic rings. The van der Waals surface area contributed by atoms with Crippen LogP contribution in [-0.2, 0) is 6.42 Å². The maximum Gasteiger partial charge on any atom is 0.255 e. The number of hydrogen-bond acceptors (Lipinski definition) is 4. The number of amides is 1. The second-order valence-corrected chi connectivity index (χ2v) is 8.06. The second-order valence-electron chi connectivity index (χ2n) is 7.68. The third-order valence-corrected chi connectivity index (χ3v) is 5.70. The predicted molar refractivity (Wildman–Crippen MR) is 129 cm³/mol. The van der Waals surface area contributed by atoms with Crippen molar-refractivity contribution in [2.45, 2.75) is 20.3 Å². The molecule has 3 aromatic carbocycles. The number of imidazole rings is 1. The highest BCUT2D eigenvalue weighted by molar-refractivity contribution is 6.34. The van der Waals surface area contributed by atoms with E-state index in [2.05, 4.69) is 62.8 Å². The molecule has 5 aromatic rings. The number of carbonyl (C=O) groups is 1. The molecule has 1 amide bonds. The summed E-state index contributed by atoms with van der Waals surface area (Å²) in [4.78, 5) is 20.7. The highest BCUT2D eigenvalue weighted by Gasteiger charge is 2.12. The van der Waals surface area contributed by atoms with Crippen LogP contribution in [0.4, 0.5) is 17.3 Å². The van der Waals surface area contributed by atoms with Gasteiger partial charge in [0.25, 0.3) is 5.91 Å². The van der Waals surface area contributed by atoms with Gasteiger partial charge in [-0.1, -0.05) is 30.7 Å². The number of nitrogens with zero attached hydrogens (tertiary/aromatic N) is 2. The van der Waals surface area contributed by atoms with E-state index in [1.807, 2.05) is 12.1 Å². The molecule has 0 radical (unpaired) electrons. The lowest BCUT2D eigenvalue weighted by Gasteiger charge is -2.09. The van der Waals surface area contributed by atoms with Crippen LogP contribution < -0.4 is 10.6 Å². The number of anilines is 3. The van der Waals surface area contributed by atoms with Gasteiger partial charge >= 0.3 is 0 Å². The largest absolute Gasteiger partial charge is 0.325 e. The van der Waals surface area contributed by atoms with Crippen LogP contribution in [0.2, 0.25) is 5.15 Å². The van der Waals surface area contributed by atoms with Gasteiger partial charge in [0, 0.05) is 22.3 Å². The first-order chi connectivity index (χ1) is 15.5. The molecule has 0 saturated heterocycles. The van der Waals surface area contributed by atoms with Crippen LogP contribution in [0, 0.1) is 6.92 Å². The second kappa shape index (κ2) is 8.01. The Bertz CT molecular complexity index is 1470. The van der Waals surface area contributed by atoms with Crippen molar-refractivity contribution in [1.82, 2.24) is 20.2 Å². The Morgan fingerprint density at radius 3 is 2.78 bits per heavy atom. The Hall–Kier alpha value is -3.84. The molecule has 2 aromatic heterocycles. The van der Waals surface area contributed by atoms with Gasteiger partial charge in [0.1, 0.15) is 5.15 Å². The lowest BCUT2D eigenvalue weighted by Crippen LogP contribution is -2.11. The maximum atomic E-state index is 12.8. The minimum atomic E-state index is -0.219. The maximum absolute atomic E-state index is 12.8. The summed E-state index contributed by atoms with van der Waals surface area (Å²) in [7, 11) is 0. The highest BCUT2D eigenvalue weighted by Crippen LogP contribution is 2.25. The third kappa shape index (κ3) is 3.78. The van der Waals surface area contributed by atoms with E-state index >= 15 is 0 Å². The molecule has 32 heavy (non-hydrogen) atoms. The number of aromatic amines is 2. The van der Waals surface area contributed by atoms with Crippen LogP contribution in [0.5, 0.6) is 0 Å². The van der Waals surface area contributed by atoms with Crippen molar-refractivity contribution in [3.63, 3.8) is 0 Å². The molecule has 2 heterocycles. The van der Waals surface area contributed by atoms with E-state index in [-0.39, 0.29) is 5.91 Å². The summed E-state index contributed by atoms with van der Waals surface area (Å²) in [5.74, 6) is 0.419. The highest BCUT2D eigenvalue weighted by atomic mass is 35.5. The van der Waals surface area contributed by atoms with E-state index in [4.69, 9.17) is 11.6 Å². The number of carbonyl (C=O) groups excluding carboxylic acids is 1. The molecule has 4 N–H and O–H groups in total. The Labute approximate surface area is 189 Å². The zero-order chi connectivity index (χ0) is 22.2. The zero-order valence-electron chi connectivity index (χ0n) is 17.6. The molecule has 0 spiro atoms. The first-order valence-corrected chi connectivity index (χ1v) is 10.7. The van der Waals surface area contributed by atoms with Crippen molar-refractivity contribution in [1.29, 1.82) is 0 Å². The van der Waals surface area contributed by atoms with E-state index in [1.165, 1.54) is 11.1 Å². The number of aromatic nitrogens is 4. The van der Waals surface area contributed by atoms with Gasteiger partial charge in [-0.05, 0) is 66.9 Å². The summed E-state index contributed by atoms with van der Waals surface area (Å²) in [6, 6.07) is 17.1. The molecule has 0 atom stereocenters. The average Bonchev–Trinajstić information content (AvgIpc) is 3.35. The number of fused-ring (bicyclic) bond motifs is 2. The molecule has 0 unspecified atom stereocenters. The molecule has 0 aliphatic heterocycles. The fourth-order valence-electron chi connectivity index (χ4n) is 3.71. The van der Waals surface area contributed by atoms with Crippen LogP contribution in [0.25, 0.3) is 21.9 Å². The molecule has 5 rings (SSSR count). The van der Waals surface area contributed by atoms with Gasteiger partial charge < -0.3 is 15.6 Å². The average molecular weight is 445 g/mol. The monoisotopic (exact) mass is 444 g/mol. The summed E-state index contributed by atoms with van der Waals surface area (Å²) in [6.07, 6.45) is 0.920. The number of aryl methyl sites for hydroxylation is 2. The summed E-state index contributed by atoms with van der Waals surface area (Å²) < 4.78 is 0. The van der Waals surface area contributed by atoms with Crippen molar-refractivity contribution in [3.8, 4) is 0 Å². The van der Waals surface area contributed by atoms with Crippen LogP contribution in [0.3, 0.4) is 0 Å². The quantitative estimate of drug-likeness (QED) is 0.269. The van der Waals surface area contributed by atoms with Crippen molar-refractivity contribution in [2.75, 3.05) is 10.6 Å². The number of nitrogens with one attached hydrogen (secondary N) is 4. The Kier molecular flexibility index (Phi) is 5.03. The molecule has 0 aliphatic carbocycles. The first kappa shape index (κ1) is 20.1. The van der Waals surface area contributed by atoms with Gasteiger partial charge in [-0.15, -0.1) is 0 Å². The Morgan fingerprint density at radius 2 is 1.94 bits per heavy atom. The van der Waals surface area contributed by atoms with Gasteiger partial charge in [-0.25, -0.2) is 4.98 Å². The number of rotatable bonds is 5. The molecular weight excluding hydrogens is 424 g/mol. The van der Waals surface area contributed by atoms with Crippen molar-refractivity contribution >= 4 is 56.8 Å². The van der Waals surface area contributed by atoms with E-state index in [0.717, 1.165) is 28.5 Å². The summed E-state index contributed by atoms with van der Waals surface area (Å²) in [6.45, 7) is 4.18. The van der Waals surface area contributed by atoms with Gasteiger partial charge in [0.05, 0.1) is 16.6 Å². The van der Waals surface area contributed by atoms with E-state index in [9.17, 15) is 4.79 Å². The van der Waals surface area contributed by atoms with Gasteiger partial charge in [0.15, 0.2) is 0 Å². The first-order valence-electron chi connectivity index (χ1n) is 10.3. The van der Waals surface area contributed by atoms with Crippen molar-refractivity contribution < 1.29 is 4.79 Å². The standard InChI is InChI=1S/C24H21ClN6O/c1-3-14-5-4-13(2)10-19(14)28-24-27-18-9-6-15(11-21(18)29-24)23(32)26-16-7-8-17-20(12-16)30-31-22(17)25/h4-12H,3H2,1-2H3,(H,26,32)(H,30,31)(H2,27,28,29). The zero-order valence-corrected chi connectivity index (χ0v) is 18.3. The smallest absolute Gasteiger partial charge is 0.255 e. The minimum absolute atomic E-state index is 0.219. The summed E-state index contributed by atoms with van der Waals surface area (Å²) in [5.41, 5.74) is 6.83. The van der Waals surface area contributed by atoms with E-state index in [1.54, 1.807) is 24.3 Å². The van der Waals surface area contributed by atoms with Gasteiger partial charge in [0.2, 0.25) is 5.95 Å². The van der Waals surface area contributed by atoms with Crippen LogP contribution in [0.1, 0.15) is 28.4 Å². The fourth-order valence-corrected chi connectivity index (χ4v) is 3.91. The number of hydrogen-bond donors (Lipinski definition) is 4. The molecule has 0 saturated carbocycles. The molecule has 7 nitrogen and oxygen atoms in total. The third-order valence-electron chi connectivity index (χ3n) is 5.41.